The Bertz CT molecular complexity index is 1170. The van der Waals surface area contributed by atoms with E-state index in [0.29, 0.717) is 12.3 Å². The third kappa shape index (κ3) is 4.09. The SMILES string of the molecule is O=C(NCc1cccnc1)C1CCN(c2cc(-c3ccccc3)nc3ncnn23)CC1. The van der Waals surface area contributed by atoms with Gasteiger partial charge in [0.2, 0.25) is 5.91 Å². The van der Waals surface area contributed by atoms with E-state index in [9.17, 15) is 4.79 Å². The number of carbonyl (C=O) groups is 1. The largest absolute Gasteiger partial charge is 0.356 e. The normalized spacial score (nSPS) is 14.6. The Morgan fingerprint density at radius 2 is 1.94 bits per heavy atom. The fourth-order valence-electron chi connectivity index (χ4n) is 3.99. The summed E-state index contributed by atoms with van der Waals surface area (Å²) >= 11 is 0. The van der Waals surface area contributed by atoms with E-state index in [1.807, 2.05) is 42.5 Å². The number of hydrogen-bond acceptors (Lipinski definition) is 6. The first-order valence-corrected chi connectivity index (χ1v) is 10.5. The standard InChI is InChI=1S/C23H23N7O/c31-22(25-15-17-5-4-10-24-14-17)19-8-11-29(12-9-19)21-13-20(18-6-2-1-3-7-18)28-23-26-16-27-30(21)23/h1-7,10,13-14,16,19H,8-9,11-12,15H2,(H,25,31). The minimum Gasteiger partial charge on any atom is -0.356 e. The lowest BCUT2D eigenvalue weighted by molar-refractivity contribution is -0.125. The molecule has 31 heavy (non-hydrogen) atoms. The molecule has 156 valence electrons. The van der Waals surface area contributed by atoms with Crippen LogP contribution in [0.3, 0.4) is 0 Å². The Morgan fingerprint density at radius 3 is 2.71 bits per heavy atom. The fourth-order valence-corrected chi connectivity index (χ4v) is 3.99. The van der Waals surface area contributed by atoms with E-state index in [1.54, 1.807) is 16.9 Å². The van der Waals surface area contributed by atoms with E-state index in [0.717, 1.165) is 48.6 Å². The molecule has 1 amide bonds. The van der Waals surface area contributed by atoms with Crippen LogP contribution in [-0.4, -0.2) is 43.6 Å². The van der Waals surface area contributed by atoms with Crippen molar-refractivity contribution < 1.29 is 4.79 Å². The topological polar surface area (TPSA) is 88.3 Å². The highest BCUT2D eigenvalue weighted by molar-refractivity contribution is 5.79. The number of rotatable bonds is 5. The Kier molecular flexibility index (Phi) is 5.26. The summed E-state index contributed by atoms with van der Waals surface area (Å²) in [7, 11) is 0. The predicted octanol–water partition coefficient (Wildman–Crippen LogP) is 2.72. The lowest BCUT2D eigenvalue weighted by Gasteiger charge is -2.33. The molecule has 0 aliphatic carbocycles. The number of piperidine rings is 1. The number of fused-ring (bicyclic) bond motifs is 1. The number of hydrogen-bond donors (Lipinski definition) is 1. The minimum atomic E-state index is 0.00888. The molecule has 4 aromatic rings. The summed E-state index contributed by atoms with van der Waals surface area (Å²) in [6, 6.07) is 16.0. The summed E-state index contributed by atoms with van der Waals surface area (Å²) in [6.07, 6.45) is 6.62. The van der Waals surface area contributed by atoms with Crippen LogP contribution >= 0.6 is 0 Å². The van der Waals surface area contributed by atoms with Gasteiger partial charge in [-0.25, -0.2) is 4.98 Å². The van der Waals surface area contributed by atoms with Crippen molar-refractivity contribution in [3.05, 3.63) is 72.8 Å². The molecule has 0 spiro atoms. The third-order valence-electron chi connectivity index (χ3n) is 5.68. The number of nitrogens with zero attached hydrogens (tertiary/aromatic N) is 6. The van der Waals surface area contributed by atoms with E-state index >= 15 is 0 Å². The molecule has 8 heteroatoms. The van der Waals surface area contributed by atoms with Gasteiger partial charge in [-0.05, 0) is 24.5 Å². The first kappa shape index (κ1) is 19.2. The molecule has 0 radical (unpaired) electrons. The molecule has 0 atom stereocenters. The summed E-state index contributed by atoms with van der Waals surface area (Å²) in [5.74, 6) is 1.65. The van der Waals surface area contributed by atoms with Crippen LogP contribution in [0.2, 0.25) is 0 Å². The Balaban J connectivity index is 1.29. The zero-order chi connectivity index (χ0) is 21.0. The van der Waals surface area contributed by atoms with Gasteiger partial charge in [0, 0.05) is 49.6 Å². The highest BCUT2D eigenvalue weighted by atomic mass is 16.1. The molecule has 3 aromatic heterocycles. The molecule has 0 unspecified atom stereocenters. The molecule has 8 nitrogen and oxygen atoms in total. The smallest absolute Gasteiger partial charge is 0.254 e. The molecular formula is C23H23N7O. The Morgan fingerprint density at radius 1 is 1.10 bits per heavy atom. The maximum absolute atomic E-state index is 12.6. The van der Waals surface area contributed by atoms with Crippen molar-refractivity contribution >= 4 is 17.5 Å². The van der Waals surface area contributed by atoms with E-state index in [1.165, 1.54) is 6.33 Å². The van der Waals surface area contributed by atoms with Gasteiger partial charge in [0.15, 0.2) is 0 Å². The van der Waals surface area contributed by atoms with Gasteiger partial charge in [-0.3, -0.25) is 9.78 Å². The second-order valence-corrected chi connectivity index (χ2v) is 7.68. The van der Waals surface area contributed by atoms with Crippen LogP contribution in [0.1, 0.15) is 18.4 Å². The van der Waals surface area contributed by atoms with Gasteiger partial charge in [-0.1, -0.05) is 36.4 Å². The zero-order valence-electron chi connectivity index (χ0n) is 17.1. The van der Waals surface area contributed by atoms with Crippen molar-refractivity contribution in [2.24, 2.45) is 5.92 Å². The molecule has 1 aliphatic rings. The van der Waals surface area contributed by atoms with E-state index in [-0.39, 0.29) is 11.8 Å². The molecule has 1 aromatic carbocycles. The number of anilines is 1. The lowest BCUT2D eigenvalue weighted by Crippen LogP contribution is -2.41. The van der Waals surface area contributed by atoms with Crippen molar-refractivity contribution in [1.82, 2.24) is 29.9 Å². The maximum Gasteiger partial charge on any atom is 0.254 e. The highest BCUT2D eigenvalue weighted by Crippen LogP contribution is 2.27. The van der Waals surface area contributed by atoms with Crippen LogP contribution in [0.15, 0.2) is 67.3 Å². The first-order valence-electron chi connectivity index (χ1n) is 10.5. The molecular weight excluding hydrogens is 390 g/mol. The molecule has 1 aliphatic heterocycles. The number of pyridine rings is 1. The van der Waals surface area contributed by atoms with Crippen LogP contribution in [-0.2, 0) is 11.3 Å². The third-order valence-corrected chi connectivity index (χ3v) is 5.68. The van der Waals surface area contributed by atoms with Crippen molar-refractivity contribution in [2.75, 3.05) is 18.0 Å². The summed E-state index contributed by atoms with van der Waals surface area (Å²) < 4.78 is 1.77. The summed E-state index contributed by atoms with van der Waals surface area (Å²) in [6.45, 7) is 2.06. The summed E-state index contributed by atoms with van der Waals surface area (Å²) in [4.78, 5) is 27.9. The van der Waals surface area contributed by atoms with Crippen LogP contribution in [0, 0.1) is 5.92 Å². The van der Waals surface area contributed by atoms with Gasteiger partial charge < -0.3 is 10.2 Å². The second-order valence-electron chi connectivity index (χ2n) is 7.68. The molecule has 0 bridgehead atoms. The molecule has 4 heterocycles. The van der Waals surface area contributed by atoms with Crippen molar-refractivity contribution in [3.63, 3.8) is 0 Å². The van der Waals surface area contributed by atoms with E-state index in [2.05, 4.69) is 36.3 Å². The fraction of sp³-hybridized carbons (Fsp3) is 0.261. The molecule has 5 rings (SSSR count). The van der Waals surface area contributed by atoms with Crippen LogP contribution in [0.25, 0.3) is 17.0 Å². The highest BCUT2D eigenvalue weighted by Gasteiger charge is 2.26. The minimum absolute atomic E-state index is 0.00888. The Hall–Kier alpha value is -3.81. The van der Waals surface area contributed by atoms with Gasteiger partial charge >= 0.3 is 0 Å². The van der Waals surface area contributed by atoms with Crippen LogP contribution in [0.4, 0.5) is 5.82 Å². The number of benzene rings is 1. The van der Waals surface area contributed by atoms with Gasteiger partial charge in [0.25, 0.3) is 5.78 Å². The van der Waals surface area contributed by atoms with Crippen LogP contribution < -0.4 is 10.2 Å². The molecule has 0 saturated carbocycles. The quantitative estimate of drug-likeness (QED) is 0.541. The molecule has 1 fully saturated rings. The second kappa shape index (κ2) is 8.51. The van der Waals surface area contributed by atoms with Gasteiger partial charge in [0.05, 0.1) is 5.69 Å². The first-order chi connectivity index (χ1) is 15.3. The van der Waals surface area contributed by atoms with Crippen molar-refractivity contribution in [2.45, 2.75) is 19.4 Å². The Labute approximate surface area is 180 Å². The van der Waals surface area contributed by atoms with Crippen LogP contribution in [0.5, 0.6) is 0 Å². The van der Waals surface area contributed by atoms with Crippen molar-refractivity contribution in [3.8, 4) is 11.3 Å². The monoisotopic (exact) mass is 413 g/mol. The lowest BCUT2D eigenvalue weighted by atomic mass is 9.95. The summed E-state index contributed by atoms with van der Waals surface area (Å²) in [5.41, 5.74) is 2.92. The number of aromatic nitrogens is 5. The zero-order valence-corrected chi connectivity index (χ0v) is 17.1. The average molecular weight is 413 g/mol. The summed E-state index contributed by atoms with van der Waals surface area (Å²) in [5, 5.41) is 7.41. The maximum atomic E-state index is 12.6. The van der Waals surface area contributed by atoms with E-state index < -0.39 is 0 Å². The van der Waals surface area contributed by atoms with Crippen molar-refractivity contribution in [1.29, 1.82) is 0 Å². The number of nitrogens with one attached hydrogen (secondary N) is 1. The van der Waals surface area contributed by atoms with Gasteiger partial charge in [-0.15, -0.1) is 0 Å². The van der Waals surface area contributed by atoms with Gasteiger partial charge in [0.1, 0.15) is 12.1 Å². The number of amides is 1. The number of carbonyl (C=O) groups excluding carboxylic acids is 1. The molecule has 1 saturated heterocycles. The molecule has 1 N–H and O–H groups in total. The predicted molar refractivity (Wildman–Crippen MR) is 117 cm³/mol. The van der Waals surface area contributed by atoms with Gasteiger partial charge in [-0.2, -0.15) is 14.6 Å². The average Bonchev–Trinajstić information content (AvgIpc) is 3.32. The van der Waals surface area contributed by atoms with E-state index in [4.69, 9.17) is 0 Å².